The van der Waals surface area contributed by atoms with Gasteiger partial charge in [0.2, 0.25) is 0 Å². The van der Waals surface area contributed by atoms with Crippen LogP contribution in [0.15, 0.2) is 66.7 Å². The fraction of sp³-hybridized carbons (Fsp3) is 0.200. The van der Waals surface area contributed by atoms with Gasteiger partial charge in [0.1, 0.15) is 0 Å². The highest BCUT2D eigenvalue weighted by molar-refractivity contribution is 6.11. The third kappa shape index (κ3) is 4.59. The Morgan fingerprint density at radius 2 is 1.74 bits per heavy atom. The van der Waals surface area contributed by atoms with Crippen LogP contribution < -0.4 is 16.0 Å². The summed E-state index contributed by atoms with van der Waals surface area (Å²) in [6.07, 6.45) is 1.64. The maximum absolute atomic E-state index is 12.8. The zero-order valence-corrected chi connectivity index (χ0v) is 17.2. The first-order valence-corrected chi connectivity index (χ1v) is 10.4. The molecule has 158 valence electrons. The second kappa shape index (κ2) is 9.45. The van der Waals surface area contributed by atoms with Crippen molar-refractivity contribution in [2.24, 2.45) is 0 Å². The van der Waals surface area contributed by atoms with Gasteiger partial charge in [-0.1, -0.05) is 36.4 Å². The molecule has 0 saturated carbocycles. The zero-order chi connectivity index (χ0) is 21.6. The minimum Gasteiger partial charge on any atom is -0.396 e. The van der Waals surface area contributed by atoms with Crippen molar-refractivity contribution in [3.05, 3.63) is 83.4 Å². The summed E-state index contributed by atoms with van der Waals surface area (Å²) < 4.78 is 0. The molecule has 4 rings (SSSR count). The highest BCUT2D eigenvalue weighted by Crippen LogP contribution is 2.34. The Hall–Kier alpha value is -3.64. The number of carbonyl (C=O) groups is 2. The van der Waals surface area contributed by atoms with Gasteiger partial charge in [0, 0.05) is 30.9 Å². The Labute approximate surface area is 181 Å². The van der Waals surface area contributed by atoms with Gasteiger partial charge >= 0.3 is 0 Å². The van der Waals surface area contributed by atoms with Gasteiger partial charge in [0.25, 0.3) is 11.8 Å². The number of benzene rings is 3. The summed E-state index contributed by atoms with van der Waals surface area (Å²) in [4.78, 5) is 25.3. The lowest BCUT2D eigenvalue weighted by Gasteiger charge is -2.13. The van der Waals surface area contributed by atoms with Crippen LogP contribution in [0.1, 0.15) is 39.1 Å². The molecule has 0 fully saturated rings. The average molecular weight is 415 g/mol. The molecule has 3 aromatic carbocycles. The van der Waals surface area contributed by atoms with Crippen LogP contribution in [0.4, 0.5) is 11.4 Å². The number of rotatable bonds is 8. The number of hydrogen-bond acceptors (Lipinski definition) is 4. The fourth-order valence-electron chi connectivity index (χ4n) is 3.74. The molecule has 0 spiro atoms. The second-order valence-electron chi connectivity index (χ2n) is 7.45. The van der Waals surface area contributed by atoms with Gasteiger partial charge in [-0.3, -0.25) is 9.59 Å². The maximum Gasteiger partial charge on any atom is 0.255 e. The average Bonchev–Trinajstić information content (AvgIpc) is 3.20. The van der Waals surface area contributed by atoms with E-state index >= 15 is 0 Å². The highest BCUT2D eigenvalue weighted by Gasteiger charge is 2.26. The largest absolute Gasteiger partial charge is 0.396 e. The first-order chi connectivity index (χ1) is 15.2. The maximum atomic E-state index is 12.8. The van der Waals surface area contributed by atoms with Crippen LogP contribution >= 0.6 is 0 Å². The van der Waals surface area contributed by atoms with Crippen LogP contribution in [0.3, 0.4) is 0 Å². The van der Waals surface area contributed by atoms with Crippen LogP contribution in [0, 0.1) is 0 Å². The van der Waals surface area contributed by atoms with Gasteiger partial charge in [0.05, 0.1) is 11.3 Å². The van der Waals surface area contributed by atoms with Crippen molar-refractivity contribution in [3.63, 3.8) is 0 Å². The molecule has 0 atom stereocenters. The molecule has 0 aliphatic carbocycles. The lowest BCUT2D eigenvalue weighted by Crippen LogP contribution is -2.17. The van der Waals surface area contributed by atoms with Gasteiger partial charge in [-0.05, 0) is 59.9 Å². The van der Waals surface area contributed by atoms with E-state index in [0.717, 1.165) is 41.8 Å². The summed E-state index contributed by atoms with van der Waals surface area (Å²) in [6.45, 7) is 1.40. The molecule has 31 heavy (non-hydrogen) atoms. The molecule has 0 saturated heterocycles. The Balaban J connectivity index is 1.51. The lowest BCUT2D eigenvalue weighted by atomic mass is 9.95. The second-order valence-corrected chi connectivity index (χ2v) is 7.45. The quantitative estimate of drug-likeness (QED) is 0.418. The van der Waals surface area contributed by atoms with Gasteiger partial charge in [-0.15, -0.1) is 0 Å². The van der Waals surface area contributed by atoms with E-state index in [1.54, 1.807) is 18.2 Å². The number of nitrogens with one attached hydrogen (secondary N) is 3. The molecule has 0 bridgehead atoms. The van der Waals surface area contributed by atoms with Crippen molar-refractivity contribution in [1.29, 1.82) is 0 Å². The molecule has 0 radical (unpaired) electrons. The van der Waals surface area contributed by atoms with Crippen LogP contribution in [0.25, 0.3) is 11.1 Å². The number of anilines is 2. The SMILES string of the molecule is O=C(Nc1ccc(-c2ccccc2)c2c1C(=O)NC2)c1ccc(NCCCCO)cc1. The van der Waals surface area contributed by atoms with Crippen molar-refractivity contribution < 1.29 is 14.7 Å². The predicted octanol–water partition coefficient (Wildman–Crippen LogP) is 4.03. The van der Waals surface area contributed by atoms with E-state index in [9.17, 15) is 9.59 Å². The minimum absolute atomic E-state index is 0.175. The van der Waals surface area contributed by atoms with Gasteiger partial charge < -0.3 is 21.1 Å². The van der Waals surface area contributed by atoms with E-state index in [-0.39, 0.29) is 18.4 Å². The van der Waals surface area contributed by atoms with E-state index in [2.05, 4.69) is 16.0 Å². The van der Waals surface area contributed by atoms with Crippen LogP contribution in [0.5, 0.6) is 0 Å². The number of aliphatic hydroxyl groups is 1. The number of aliphatic hydroxyl groups excluding tert-OH is 1. The molecular formula is C25H25N3O3. The fourth-order valence-corrected chi connectivity index (χ4v) is 3.74. The molecular weight excluding hydrogens is 390 g/mol. The van der Waals surface area contributed by atoms with Gasteiger partial charge in [-0.2, -0.15) is 0 Å². The molecule has 0 aromatic heterocycles. The van der Waals surface area contributed by atoms with Crippen molar-refractivity contribution in [2.75, 3.05) is 23.8 Å². The van der Waals surface area contributed by atoms with Crippen molar-refractivity contribution >= 4 is 23.2 Å². The first kappa shape index (κ1) is 20.6. The van der Waals surface area contributed by atoms with E-state index in [1.807, 2.05) is 48.5 Å². The van der Waals surface area contributed by atoms with Gasteiger partial charge in [0.15, 0.2) is 0 Å². The Morgan fingerprint density at radius 1 is 0.968 bits per heavy atom. The number of fused-ring (bicyclic) bond motifs is 1. The van der Waals surface area contributed by atoms with Crippen molar-refractivity contribution in [3.8, 4) is 11.1 Å². The summed E-state index contributed by atoms with van der Waals surface area (Å²) in [5, 5.41) is 17.9. The summed E-state index contributed by atoms with van der Waals surface area (Å²) in [6, 6.07) is 20.9. The standard InChI is InChI=1S/C25H25N3O3/c29-15-5-4-14-26-19-10-8-18(9-11-19)24(30)28-22-13-12-20(17-6-2-1-3-7-17)21-16-27-25(31)23(21)22/h1-3,6-13,26,29H,4-5,14-16H2,(H,27,31)(H,28,30). The van der Waals surface area contributed by atoms with E-state index in [0.29, 0.717) is 23.4 Å². The first-order valence-electron chi connectivity index (χ1n) is 10.4. The van der Waals surface area contributed by atoms with E-state index in [1.165, 1.54) is 0 Å². The Kier molecular flexibility index (Phi) is 6.29. The molecule has 4 N–H and O–H groups in total. The number of carbonyl (C=O) groups excluding carboxylic acids is 2. The molecule has 1 heterocycles. The summed E-state index contributed by atoms with van der Waals surface area (Å²) in [5.41, 5.74) is 5.40. The van der Waals surface area contributed by atoms with Crippen LogP contribution in [-0.4, -0.2) is 30.1 Å². The zero-order valence-electron chi connectivity index (χ0n) is 17.2. The number of hydrogen-bond donors (Lipinski definition) is 4. The summed E-state index contributed by atoms with van der Waals surface area (Å²) in [7, 11) is 0. The molecule has 3 aromatic rings. The molecule has 1 aliphatic rings. The third-order valence-corrected chi connectivity index (χ3v) is 5.36. The minimum atomic E-state index is -0.263. The molecule has 0 unspecified atom stereocenters. The summed E-state index contributed by atoms with van der Waals surface area (Å²) >= 11 is 0. The van der Waals surface area contributed by atoms with Crippen molar-refractivity contribution in [2.45, 2.75) is 19.4 Å². The van der Waals surface area contributed by atoms with Crippen LogP contribution in [0.2, 0.25) is 0 Å². The van der Waals surface area contributed by atoms with Crippen LogP contribution in [-0.2, 0) is 6.54 Å². The molecule has 2 amide bonds. The normalized spacial score (nSPS) is 12.2. The monoisotopic (exact) mass is 415 g/mol. The van der Waals surface area contributed by atoms with Gasteiger partial charge in [-0.25, -0.2) is 0 Å². The third-order valence-electron chi connectivity index (χ3n) is 5.36. The molecule has 1 aliphatic heterocycles. The lowest BCUT2D eigenvalue weighted by molar-refractivity contribution is 0.0966. The number of unbranched alkanes of at least 4 members (excludes halogenated alkanes) is 1. The predicted molar refractivity (Wildman–Crippen MR) is 122 cm³/mol. The van der Waals surface area contributed by atoms with Crippen molar-refractivity contribution in [1.82, 2.24) is 5.32 Å². The Bertz CT molecular complexity index is 1080. The highest BCUT2D eigenvalue weighted by atomic mass is 16.3. The molecule has 6 nitrogen and oxygen atoms in total. The topological polar surface area (TPSA) is 90.5 Å². The smallest absolute Gasteiger partial charge is 0.255 e. The molecule has 6 heteroatoms. The Morgan fingerprint density at radius 3 is 2.48 bits per heavy atom. The van der Waals surface area contributed by atoms with E-state index in [4.69, 9.17) is 5.11 Å². The number of amides is 2. The summed E-state index contributed by atoms with van der Waals surface area (Å²) in [5.74, 6) is -0.438. The van der Waals surface area contributed by atoms with E-state index < -0.39 is 0 Å².